The van der Waals surface area contributed by atoms with E-state index in [4.69, 9.17) is 15.1 Å². The number of hydrogen-bond donors (Lipinski definition) is 2. The number of ether oxygens (including phenoxy) is 1. The Kier molecular flexibility index (Phi) is 4.71. The van der Waals surface area contributed by atoms with Crippen LogP contribution in [-0.2, 0) is 9.53 Å². The minimum atomic E-state index is -0.971. The predicted molar refractivity (Wildman–Crippen MR) is 57.4 cm³/mol. The first-order valence-corrected chi connectivity index (χ1v) is 5.59. The summed E-state index contributed by atoms with van der Waals surface area (Å²) in [5.41, 5.74) is -0.971. The number of rotatable bonds is 4. The Labute approximate surface area is 95.4 Å². The van der Waals surface area contributed by atoms with Crippen LogP contribution in [0.25, 0.3) is 0 Å². The Balaban J connectivity index is 2.65. The molecule has 90 valence electrons. The van der Waals surface area contributed by atoms with E-state index in [1.54, 1.807) is 0 Å². The number of nitrogens with zero attached hydrogens (tertiary/aromatic N) is 1. The number of carbonyl (C=O) groups excluding carboxylic acids is 1. The van der Waals surface area contributed by atoms with Gasteiger partial charge < -0.3 is 15.2 Å². The van der Waals surface area contributed by atoms with E-state index in [9.17, 15) is 4.79 Å². The number of hydrogen-bond acceptors (Lipinski definition) is 4. The molecule has 1 aliphatic rings. The highest BCUT2D eigenvalue weighted by Crippen LogP contribution is 2.30. The quantitative estimate of drug-likeness (QED) is 0.717. The lowest BCUT2D eigenvalue weighted by Gasteiger charge is -2.30. The molecule has 0 aliphatic carbocycles. The third-order valence-electron chi connectivity index (χ3n) is 3.04. The number of nitriles is 1. The first kappa shape index (κ1) is 12.9. The van der Waals surface area contributed by atoms with E-state index in [2.05, 4.69) is 11.4 Å². The highest BCUT2D eigenvalue weighted by atomic mass is 16.5. The fourth-order valence-electron chi connectivity index (χ4n) is 1.71. The van der Waals surface area contributed by atoms with Gasteiger partial charge in [-0.1, -0.05) is 6.92 Å². The van der Waals surface area contributed by atoms with Crippen LogP contribution in [0.3, 0.4) is 0 Å². The highest BCUT2D eigenvalue weighted by molar-refractivity contribution is 5.85. The second-order valence-electron chi connectivity index (χ2n) is 4.07. The van der Waals surface area contributed by atoms with Gasteiger partial charge in [-0.25, -0.2) is 0 Å². The molecule has 1 heterocycles. The summed E-state index contributed by atoms with van der Waals surface area (Å²) in [4.78, 5) is 12.0. The molecular weight excluding hydrogens is 208 g/mol. The van der Waals surface area contributed by atoms with Gasteiger partial charge in [0, 0.05) is 13.2 Å². The van der Waals surface area contributed by atoms with Crippen molar-refractivity contribution in [1.82, 2.24) is 5.32 Å². The fraction of sp³-hybridized carbons (Fsp3) is 0.818. The average Bonchev–Trinajstić information content (AvgIpc) is 2.36. The molecule has 1 amide bonds. The van der Waals surface area contributed by atoms with E-state index in [0.29, 0.717) is 32.5 Å². The van der Waals surface area contributed by atoms with Crippen molar-refractivity contribution in [2.75, 3.05) is 19.8 Å². The molecule has 5 heteroatoms. The molecule has 0 aromatic rings. The van der Waals surface area contributed by atoms with Gasteiger partial charge >= 0.3 is 0 Å². The van der Waals surface area contributed by atoms with Gasteiger partial charge in [-0.3, -0.25) is 4.79 Å². The van der Waals surface area contributed by atoms with Crippen molar-refractivity contribution in [2.24, 2.45) is 5.41 Å². The van der Waals surface area contributed by atoms with Crippen molar-refractivity contribution < 1.29 is 14.6 Å². The summed E-state index contributed by atoms with van der Waals surface area (Å²) in [5, 5.41) is 20.9. The lowest BCUT2D eigenvalue weighted by atomic mass is 9.80. The van der Waals surface area contributed by atoms with Crippen LogP contribution in [0.5, 0.6) is 0 Å². The van der Waals surface area contributed by atoms with Crippen molar-refractivity contribution >= 4 is 5.91 Å². The van der Waals surface area contributed by atoms with Crippen molar-refractivity contribution in [3.63, 3.8) is 0 Å². The van der Waals surface area contributed by atoms with Crippen molar-refractivity contribution in [3.05, 3.63) is 0 Å². The molecule has 2 N–H and O–H groups in total. The minimum Gasteiger partial charge on any atom is -0.394 e. The third kappa shape index (κ3) is 2.71. The molecule has 0 unspecified atom stereocenters. The molecule has 1 rings (SSSR count). The molecule has 16 heavy (non-hydrogen) atoms. The van der Waals surface area contributed by atoms with Gasteiger partial charge in [0.1, 0.15) is 5.41 Å². The van der Waals surface area contributed by atoms with Crippen molar-refractivity contribution in [3.8, 4) is 6.07 Å². The predicted octanol–water partition coefficient (Wildman–Crippen LogP) is 0.194. The van der Waals surface area contributed by atoms with Crippen LogP contribution in [0, 0.1) is 16.7 Å². The molecule has 0 radical (unpaired) electrons. The van der Waals surface area contributed by atoms with Gasteiger partial charge in [-0.15, -0.1) is 0 Å². The molecule has 5 nitrogen and oxygen atoms in total. The number of aliphatic hydroxyl groups excluding tert-OH is 1. The van der Waals surface area contributed by atoms with Crippen LogP contribution in [-0.4, -0.2) is 36.9 Å². The average molecular weight is 226 g/mol. The number of carbonyl (C=O) groups is 1. The van der Waals surface area contributed by atoms with Gasteiger partial charge in [0.2, 0.25) is 5.91 Å². The summed E-state index contributed by atoms with van der Waals surface area (Å²) in [5.74, 6) is -0.279. The second-order valence-corrected chi connectivity index (χ2v) is 4.07. The van der Waals surface area contributed by atoms with Crippen LogP contribution in [0.2, 0.25) is 0 Å². The maximum Gasteiger partial charge on any atom is 0.240 e. The maximum absolute atomic E-state index is 12.0. The normalized spacial score (nSPS) is 20.8. The molecule has 0 spiro atoms. The largest absolute Gasteiger partial charge is 0.394 e. The van der Waals surface area contributed by atoms with Gasteiger partial charge in [0.25, 0.3) is 0 Å². The molecule has 1 atom stereocenters. The van der Waals surface area contributed by atoms with E-state index >= 15 is 0 Å². The maximum atomic E-state index is 12.0. The minimum absolute atomic E-state index is 0.0970. The van der Waals surface area contributed by atoms with Gasteiger partial charge in [-0.2, -0.15) is 5.26 Å². The SMILES string of the molecule is CC[C@H](CO)NC(=O)C1(C#N)CCOCC1. The lowest BCUT2D eigenvalue weighted by Crippen LogP contribution is -2.48. The number of amides is 1. The van der Waals surface area contributed by atoms with E-state index in [1.807, 2.05) is 6.92 Å². The van der Waals surface area contributed by atoms with Crippen LogP contribution < -0.4 is 5.32 Å². The van der Waals surface area contributed by atoms with Crippen LogP contribution in [0.15, 0.2) is 0 Å². The second kappa shape index (κ2) is 5.83. The number of aliphatic hydroxyl groups is 1. The summed E-state index contributed by atoms with van der Waals surface area (Å²) < 4.78 is 5.15. The highest BCUT2D eigenvalue weighted by Gasteiger charge is 2.40. The zero-order chi connectivity index (χ0) is 12.0. The molecule has 1 saturated heterocycles. The molecule has 0 saturated carbocycles. The third-order valence-corrected chi connectivity index (χ3v) is 3.04. The Morgan fingerprint density at radius 3 is 2.69 bits per heavy atom. The first-order valence-electron chi connectivity index (χ1n) is 5.59. The zero-order valence-corrected chi connectivity index (χ0v) is 9.53. The summed E-state index contributed by atoms with van der Waals surface area (Å²) in [6.07, 6.45) is 1.51. The zero-order valence-electron chi connectivity index (χ0n) is 9.53. The van der Waals surface area contributed by atoms with Crippen LogP contribution in [0.1, 0.15) is 26.2 Å². The summed E-state index contributed by atoms with van der Waals surface area (Å²) >= 11 is 0. The molecule has 0 bridgehead atoms. The van der Waals surface area contributed by atoms with Gasteiger partial charge in [0.15, 0.2) is 0 Å². The Morgan fingerprint density at radius 1 is 1.62 bits per heavy atom. The lowest BCUT2D eigenvalue weighted by molar-refractivity contribution is -0.133. The van der Waals surface area contributed by atoms with Crippen molar-refractivity contribution in [1.29, 1.82) is 5.26 Å². The van der Waals surface area contributed by atoms with E-state index in [1.165, 1.54) is 0 Å². The monoisotopic (exact) mass is 226 g/mol. The Hall–Kier alpha value is -1.12. The van der Waals surface area contributed by atoms with Gasteiger partial charge in [0.05, 0.1) is 18.7 Å². The summed E-state index contributed by atoms with van der Waals surface area (Å²) in [7, 11) is 0. The fourth-order valence-corrected chi connectivity index (χ4v) is 1.71. The van der Waals surface area contributed by atoms with Crippen LogP contribution >= 0.6 is 0 Å². The summed E-state index contributed by atoms with van der Waals surface area (Å²) in [6.45, 7) is 2.66. The number of nitrogens with one attached hydrogen (secondary N) is 1. The molecule has 1 fully saturated rings. The topological polar surface area (TPSA) is 82.4 Å². The smallest absolute Gasteiger partial charge is 0.240 e. The van der Waals surface area contributed by atoms with Crippen molar-refractivity contribution in [2.45, 2.75) is 32.2 Å². The Bertz CT molecular complexity index is 275. The molecule has 0 aromatic carbocycles. The molecule has 1 aliphatic heterocycles. The van der Waals surface area contributed by atoms with Crippen LogP contribution in [0.4, 0.5) is 0 Å². The molecule has 0 aromatic heterocycles. The first-order chi connectivity index (χ1) is 7.68. The standard InChI is InChI=1S/C11H18N2O3/c1-2-9(7-14)13-10(15)11(8-12)3-5-16-6-4-11/h9,14H,2-7H2,1H3,(H,13,15)/t9-/m1/s1. The van der Waals surface area contributed by atoms with E-state index in [0.717, 1.165) is 0 Å². The van der Waals surface area contributed by atoms with Gasteiger partial charge in [-0.05, 0) is 19.3 Å². The summed E-state index contributed by atoms with van der Waals surface area (Å²) in [6, 6.07) is 1.83. The van der Waals surface area contributed by atoms with E-state index < -0.39 is 5.41 Å². The van der Waals surface area contributed by atoms with E-state index in [-0.39, 0.29) is 18.6 Å². The Morgan fingerprint density at radius 2 is 2.25 bits per heavy atom. The molecular formula is C11H18N2O3.